The normalized spacial score (nSPS) is 17.7. The zero-order valence-electron chi connectivity index (χ0n) is 15.3. The second kappa shape index (κ2) is 7.52. The van der Waals surface area contributed by atoms with Gasteiger partial charge in [0.2, 0.25) is 0 Å². The molecule has 1 unspecified atom stereocenters. The third-order valence-electron chi connectivity index (χ3n) is 4.64. The molecule has 2 aromatic rings. The van der Waals surface area contributed by atoms with Gasteiger partial charge in [0, 0.05) is 18.1 Å². The molecule has 7 heteroatoms. The topological polar surface area (TPSA) is 63.7 Å². The molecule has 3 rings (SSSR count). The lowest BCUT2D eigenvalue weighted by molar-refractivity contribution is -0.144. The van der Waals surface area contributed by atoms with Gasteiger partial charge in [-0.1, -0.05) is 29.8 Å². The lowest BCUT2D eigenvalue weighted by Gasteiger charge is -2.30. The molecule has 1 heterocycles. The predicted octanol–water partition coefficient (Wildman–Crippen LogP) is 3.57. The molecule has 2 aromatic carbocycles. The van der Waals surface area contributed by atoms with E-state index in [1.165, 1.54) is 0 Å². The summed E-state index contributed by atoms with van der Waals surface area (Å²) in [6, 6.07) is 15.1. The van der Waals surface area contributed by atoms with Gasteiger partial charge in [0.1, 0.15) is 5.75 Å². The number of benzene rings is 2. The third kappa shape index (κ3) is 4.28. The maximum atomic E-state index is 12.9. The van der Waals surface area contributed by atoms with Gasteiger partial charge < -0.3 is 9.64 Å². The van der Waals surface area contributed by atoms with E-state index >= 15 is 0 Å². The van der Waals surface area contributed by atoms with Crippen molar-refractivity contribution in [1.82, 2.24) is 4.90 Å². The lowest BCUT2D eigenvalue weighted by Crippen LogP contribution is -2.48. The van der Waals surface area contributed by atoms with E-state index in [9.17, 15) is 13.2 Å². The molecular weight excluding hydrogens is 386 g/mol. The van der Waals surface area contributed by atoms with Gasteiger partial charge in [-0.3, -0.25) is 4.79 Å². The van der Waals surface area contributed by atoms with E-state index in [1.807, 2.05) is 0 Å². The number of carbonyl (C=O) groups excluding carboxylic acids is 1. The molecule has 27 heavy (non-hydrogen) atoms. The third-order valence-corrected chi connectivity index (χ3v) is 7.09. The highest BCUT2D eigenvalue weighted by molar-refractivity contribution is 7.92. The average Bonchev–Trinajstić information content (AvgIpc) is 3.14. The summed E-state index contributed by atoms with van der Waals surface area (Å²) in [5.41, 5.74) is -1.11. The Morgan fingerprint density at radius 1 is 1.11 bits per heavy atom. The van der Waals surface area contributed by atoms with Crippen LogP contribution in [0.1, 0.15) is 20.3 Å². The summed E-state index contributed by atoms with van der Waals surface area (Å²) in [4.78, 5) is 14.8. The molecule has 144 valence electrons. The summed E-state index contributed by atoms with van der Waals surface area (Å²) < 4.78 is 31.4. The van der Waals surface area contributed by atoms with E-state index in [4.69, 9.17) is 16.3 Å². The Balaban J connectivity index is 1.70. The van der Waals surface area contributed by atoms with E-state index in [0.717, 1.165) is 0 Å². The van der Waals surface area contributed by atoms with Gasteiger partial charge in [-0.05, 0) is 56.7 Å². The number of hydrogen-bond donors (Lipinski definition) is 0. The molecule has 1 aliphatic heterocycles. The molecule has 1 saturated heterocycles. The molecule has 1 atom stereocenters. The Hall–Kier alpha value is -2.05. The van der Waals surface area contributed by atoms with Crippen molar-refractivity contribution in [3.05, 3.63) is 59.6 Å². The summed E-state index contributed by atoms with van der Waals surface area (Å²) in [5.74, 6) is 0.300. The van der Waals surface area contributed by atoms with Crippen molar-refractivity contribution in [2.45, 2.75) is 36.0 Å². The first-order valence-corrected chi connectivity index (χ1v) is 10.7. The fraction of sp³-hybridized carbons (Fsp3) is 0.350. The molecule has 1 fully saturated rings. The van der Waals surface area contributed by atoms with E-state index in [2.05, 4.69) is 0 Å². The zero-order valence-corrected chi connectivity index (χ0v) is 16.8. The van der Waals surface area contributed by atoms with E-state index < -0.39 is 20.7 Å². The first-order valence-electron chi connectivity index (χ1n) is 8.73. The maximum absolute atomic E-state index is 12.9. The van der Waals surface area contributed by atoms with Crippen molar-refractivity contribution < 1.29 is 17.9 Å². The van der Waals surface area contributed by atoms with Crippen molar-refractivity contribution in [2.24, 2.45) is 0 Å². The van der Waals surface area contributed by atoms with Gasteiger partial charge in [0.25, 0.3) is 5.91 Å². The van der Waals surface area contributed by atoms with Crippen molar-refractivity contribution >= 4 is 27.3 Å². The highest BCUT2D eigenvalue weighted by atomic mass is 35.5. The monoisotopic (exact) mass is 407 g/mol. The molecule has 0 saturated carbocycles. The van der Waals surface area contributed by atoms with Crippen LogP contribution >= 0.6 is 11.6 Å². The first-order chi connectivity index (χ1) is 12.7. The molecule has 0 N–H and O–H groups in total. The highest BCUT2D eigenvalue weighted by Gasteiger charge is 2.41. The number of likely N-dealkylation sites (tertiary alicyclic amines) is 1. The van der Waals surface area contributed by atoms with Gasteiger partial charge in [0.05, 0.1) is 10.1 Å². The van der Waals surface area contributed by atoms with E-state index in [0.29, 0.717) is 28.6 Å². The molecule has 0 spiro atoms. The smallest absolute Gasteiger partial charge is 0.266 e. The van der Waals surface area contributed by atoms with Crippen LogP contribution in [0.25, 0.3) is 0 Å². The van der Waals surface area contributed by atoms with Crippen LogP contribution in [-0.2, 0) is 14.6 Å². The molecule has 0 bridgehead atoms. The van der Waals surface area contributed by atoms with E-state index in [1.54, 1.807) is 73.3 Å². The van der Waals surface area contributed by atoms with Gasteiger partial charge in [-0.2, -0.15) is 0 Å². The molecule has 1 aliphatic rings. The number of amides is 1. The van der Waals surface area contributed by atoms with Crippen LogP contribution in [0.2, 0.25) is 5.02 Å². The van der Waals surface area contributed by atoms with Crippen molar-refractivity contribution in [2.75, 3.05) is 13.1 Å². The van der Waals surface area contributed by atoms with Gasteiger partial charge >= 0.3 is 0 Å². The van der Waals surface area contributed by atoms with Crippen LogP contribution in [0.3, 0.4) is 0 Å². The summed E-state index contributed by atoms with van der Waals surface area (Å²) in [6.45, 7) is 3.93. The van der Waals surface area contributed by atoms with Crippen molar-refractivity contribution in [1.29, 1.82) is 0 Å². The number of rotatable bonds is 5. The fourth-order valence-corrected chi connectivity index (χ4v) is 5.03. The largest absolute Gasteiger partial charge is 0.478 e. The average molecular weight is 408 g/mol. The summed E-state index contributed by atoms with van der Waals surface area (Å²) in [5, 5.41) is -0.0184. The Morgan fingerprint density at radius 2 is 1.74 bits per heavy atom. The summed E-state index contributed by atoms with van der Waals surface area (Å²) in [6.07, 6.45) is 0.417. The number of sulfone groups is 1. The van der Waals surface area contributed by atoms with Gasteiger partial charge in [-0.25, -0.2) is 8.42 Å². The molecule has 5 nitrogen and oxygen atoms in total. The lowest BCUT2D eigenvalue weighted by atomic mass is 10.1. The van der Waals surface area contributed by atoms with Crippen LogP contribution in [0, 0.1) is 0 Å². The molecule has 0 radical (unpaired) electrons. The highest BCUT2D eigenvalue weighted by Crippen LogP contribution is 2.27. The summed E-state index contributed by atoms with van der Waals surface area (Å²) >= 11 is 5.87. The zero-order chi connectivity index (χ0) is 19.7. The Labute approximate surface area is 164 Å². The SMILES string of the molecule is CC(C)(Oc1ccc(Cl)cc1)C(=O)N1CCC(S(=O)(=O)c2ccccc2)C1. The van der Waals surface area contributed by atoms with Crippen LogP contribution < -0.4 is 4.74 Å². The Morgan fingerprint density at radius 3 is 2.37 bits per heavy atom. The van der Waals surface area contributed by atoms with Gasteiger partial charge in [0.15, 0.2) is 15.4 Å². The fourth-order valence-electron chi connectivity index (χ4n) is 3.19. The van der Waals surface area contributed by atoms with Crippen LogP contribution in [0.5, 0.6) is 5.75 Å². The molecule has 1 amide bonds. The predicted molar refractivity (Wildman–Crippen MR) is 105 cm³/mol. The van der Waals surface area contributed by atoms with E-state index in [-0.39, 0.29) is 12.5 Å². The summed E-state index contributed by atoms with van der Waals surface area (Å²) in [7, 11) is -3.46. The number of hydrogen-bond acceptors (Lipinski definition) is 4. The van der Waals surface area contributed by atoms with Crippen LogP contribution in [0.4, 0.5) is 0 Å². The standard InChI is InChI=1S/C20H22ClNO4S/c1-20(2,26-16-10-8-15(21)9-11-16)19(23)22-13-12-18(14-22)27(24,25)17-6-4-3-5-7-17/h3-11,18H,12-14H2,1-2H3. The number of carbonyl (C=O) groups is 1. The molecule has 0 aliphatic carbocycles. The Bertz CT molecular complexity index is 911. The van der Waals surface area contributed by atoms with Crippen LogP contribution in [-0.4, -0.2) is 43.2 Å². The van der Waals surface area contributed by atoms with Gasteiger partial charge in [-0.15, -0.1) is 0 Å². The molecule has 0 aromatic heterocycles. The minimum absolute atomic E-state index is 0.170. The minimum Gasteiger partial charge on any atom is -0.478 e. The quantitative estimate of drug-likeness (QED) is 0.760. The number of halogens is 1. The second-order valence-electron chi connectivity index (χ2n) is 7.09. The van der Waals surface area contributed by atoms with Crippen LogP contribution in [0.15, 0.2) is 59.5 Å². The second-order valence-corrected chi connectivity index (χ2v) is 9.75. The minimum atomic E-state index is -3.46. The van der Waals surface area contributed by atoms with Crippen molar-refractivity contribution in [3.8, 4) is 5.75 Å². The molecular formula is C20H22ClNO4S. The number of nitrogens with zero attached hydrogens (tertiary/aromatic N) is 1. The Kier molecular flexibility index (Phi) is 5.49. The van der Waals surface area contributed by atoms with Crippen molar-refractivity contribution in [3.63, 3.8) is 0 Å². The number of ether oxygens (including phenoxy) is 1. The maximum Gasteiger partial charge on any atom is 0.266 e. The first kappa shape index (κ1) is 19.7.